The number of hydrogen-bond acceptors (Lipinski definition) is 7. The zero-order valence-corrected chi connectivity index (χ0v) is 14.1. The Bertz CT molecular complexity index is 999. The molecule has 11 heteroatoms. The second-order valence-corrected chi connectivity index (χ2v) is 5.37. The van der Waals surface area contributed by atoms with E-state index in [-0.39, 0.29) is 27.8 Å². The largest absolute Gasteiger partial charge is 0.360 e. The van der Waals surface area contributed by atoms with Crippen molar-refractivity contribution in [3.8, 4) is 6.07 Å². The van der Waals surface area contributed by atoms with Crippen molar-refractivity contribution in [1.82, 2.24) is 0 Å². The molecule has 2 rings (SSSR count). The summed E-state index contributed by atoms with van der Waals surface area (Å²) in [5.41, 5.74) is -0.929. The molecule has 0 fully saturated rings. The van der Waals surface area contributed by atoms with Crippen molar-refractivity contribution in [3.05, 3.63) is 79.5 Å². The van der Waals surface area contributed by atoms with Crippen molar-refractivity contribution >= 4 is 40.3 Å². The maximum Gasteiger partial charge on any atom is 0.292 e. The number of halogens is 1. The molecule has 0 atom stereocenters. The highest BCUT2D eigenvalue weighted by molar-refractivity contribution is 6.32. The monoisotopic (exact) mass is 387 g/mol. The summed E-state index contributed by atoms with van der Waals surface area (Å²) in [7, 11) is 0. The smallest absolute Gasteiger partial charge is 0.292 e. The van der Waals surface area contributed by atoms with Gasteiger partial charge >= 0.3 is 0 Å². The van der Waals surface area contributed by atoms with Crippen LogP contribution in [0.3, 0.4) is 0 Å². The van der Waals surface area contributed by atoms with E-state index < -0.39 is 21.3 Å². The van der Waals surface area contributed by atoms with Crippen LogP contribution in [0.25, 0.3) is 0 Å². The van der Waals surface area contributed by atoms with Crippen LogP contribution in [0.2, 0.25) is 5.02 Å². The predicted molar refractivity (Wildman–Crippen MR) is 97.2 cm³/mol. The molecule has 10 nitrogen and oxygen atoms in total. The SMILES string of the molecule is N#C/C(=C/Nc1ccc(Cl)c([N+](=O)[O-])c1)C(=O)Nc1ccccc1[N+](=O)[O-]. The number of nitro benzene ring substituents is 2. The lowest BCUT2D eigenvalue weighted by molar-refractivity contribution is -0.384. The van der Waals surface area contributed by atoms with E-state index in [4.69, 9.17) is 16.9 Å². The van der Waals surface area contributed by atoms with Crippen LogP contribution < -0.4 is 10.6 Å². The zero-order chi connectivity index (χ0) is 20.0. The van der Waals surface area contributed by atoms with E-state index in [0.29, 0.717) is 0 Å². The Labute approximate surface area is 157 Å². The number of nitro groups is 2. The Kier molecular flexibility index (Phi) is 6.03. The summed E-state index contributed by atoms with van der Waals surface area (Å²) in [6, 6.07) is 10.9. The van der Waals surface area contributed by atoms with Gasteiger partial charge in [-0.05, 0) is 18.2 Å². The van der Waals surface area contributed by atoms with E-state index in [0.717, 1.165) is 12.3 Å². The Morgan fingerprint density at radius 3 is 2.41 bits per heavy atom. The van der Waals surface area contributed by atoms with Crippen LogP contribution in [0.1, 0.15) is 0 Å². The molecular formula is C16H10ClN5O5. The fourth-order valence-corrected chi connectivity index (χ4v) is 2.16. The number of nitrogens with zero attached hydrogens (tertiary/aromatic N) is 3. The Hall–Kier alpha value is -3.97. The normalized spacial score (nSPS) is 10.6. The predicted octanol–water partition coefficient (Wildman–Crippen LogP) is 3.61. The average Bonchev–Trinajstić information content (AvgIpc) is 2.63. The van der Waals surface area contributed by atoms with Gasteiger partial charge < -0.3 is 10.6 Å². The first-order chi connectivity index (χ1) is 12.8. The number of nitrogens with one attached hydrogen (secondary N) is 2. The van der Waals surface area contributed by atoms with Gasteiger partial charge in [0.15, 0.2) is 0 Å². The number of carbonyl (C=O) groups is 1. The van der Waals surface area contributed by atoms with Gasteiger partial charge in [-0.1, -0.05) is 23.7 Å². The third kappa shape index (κ3) is 4.77. The molecule has 0 bridgehead atoms. The van der Waals surface area contributed by atoms with Gasteiger partial charge in [0.25, 0.3) is 17.3 Å². The number of hydrogen-bond donors (Lipinski definition) is 2. The number of amides is 1. The third-order valence-corrected chi connectivity index (χ3v) is 3.56. The van der Waals surface area contributed by atoms with E-state index >= 15 is 0 Å². The summed E-state index contributed by atoms with van der Waals surface area (Å²) in [4.78, 5) is 32.7. The number of carbonyl (C=O) groups excluding carboxylic acids is 1. The van der Waals surface area contributed by atoms with Crippen molar-refractivity contribution in [2.45, 2.75) is 0 Å². The Morgan fingerprint density at radius 1 is 1.11 bits per heavy atom. The van der Waals surface area contributed by atoms with Crippen molar-refractivity contribution in [1.29, 1.82) is 5.26 Å². The molecule has 0 aliphatic rings. The highest BCUT2D eigenvalue weighted by atomic mass is 35.5. The molecule has 0 aromatic heterocycles. The first-order valence-electron chi connectivity index (χ1n) is 7.19. The molecule has 2 N–H and O–H groups in total. The lowest BCUT2D eigenvalue weighted by Crippen LogP contribution is -2.15. The van der Waals surface area contributed by atoms with E-state index in [1.807, 2.05) is 0 Å². The van der Waals surface area contributed by atoms with Gasteiger partial charge in [-0.25, -0.2) is 0 Å². The van der Waals surface area contributed by atoms with Gasteiger partial charge in [-0.15, -0.1) is 0 Å². The fraction of sp³-hybridized carbons (Fsp3) is 0. The first-order valence-corrected chi connectivity index (χ1v) is 7.56. The summed E-state index contributed by atoms with van der Waals surface area (Å²) >= 11 is 5.71. The molecule has 0 saturated heterocycles. The maximum absolute atomic E-state index is 12.2. The summed E-state index contributed by atoms with van der Waals surface area (Å²) in [5.74, 6) is -0.886. The van der Waals surface area contributed by atoms with Gasteiger partial charge in [0, 0.05) is 24.0 Å². The zero-order valence-electron chi connectivity index (χ0n) is 13.4. The van der Waals surface area contributed by atoms with Crippen LogP contribution in [-0.2, 0) is 4.79 Å². The minimum atomic E-state index is -0.886. The van der Waals surface area contributed by atoms with Gasteiger partial charge in [-0.2, -0.15) is 5.26 Å². The van der Waals surface area contributed by atoms with Gasteiger partial charge in [-0.3, -0.25) is 25.0 Å². The van der Waals surface area contributed by atoms with E-state index in [1.165, 1.54) is 36.4 Å². The van der Waals surface area contributed by atoms with E-state index in [1.54, 1.807) is 6.07 Å². The van der Waals surface area contributed by atoms with Crippen molar-refractivity contribution < 1.29 is 14.6 Å². The van der Waals surface area contributed by atoms with Gasteiger partial charge in [0.1, 0.15) is 22.4 Å². The van der Waals surface area contributed by atoms with Crippen LogP contribution in [-0.4, -0.2) is 15.8 Å². The molecular weight excluding hydrogens is 378 g/mol. The van der Waals surface area contributed by atoms with Crippen molar-refractivity contribution in [2.75, 3.05) is 10.6 Å². The van der Waals surface area contributed by atoms with Crippen LogP contribution in [0.5, 0.6) is 0 Å². The van der Waals surface area contributed by atoms with E-state index in [2.05, 4.69) is 10.6 Å². The lowest BCUT2D eigenvalue weighted by atomic mass is 10.2. The molecule has 0 saturated carbocycles. The number of nitriles is 1. The quantitative estimate of drug-likeness (QED) is 0.332. The molecule has 2 aromatic carbocycles. The average molecular weight is 388 g/mol. The van der Waals surface area contributed by atoms with Gasteiger partial charge in [0.05, 0.1) is 9.85 Å². The van der Waals surface area contributed by atoms with Crippen LogP contribution >= 0.6 is 11.6 Å². The molecule has 136 valence electrons. The van der Waals surface area contributed by atoms with Crippen molar-refractivity contribution in [3.63, 3.8) is 0 Å². The molecule has 0 radical (unpaired) electrons. The van der Waals surface area contributed by atoms with Crippen LogP contribution in [0.15, 0.2) is 54.2 Å². The lowest BCUT2D eigenvalue weighted by Gasteiger charge is -2.06. The molecule has 0 heterocycles. The van der Waals surface area contributed by atoms with Crippen LogP contribution in [0.4, 0.5) is 22.7 Å². The highest BCUT2D eigenvalue weighted by Gasteiger charge is 2.17. The molecule has 0 unspecified atom stereocenters. The van der Waals surface area contributed by atoms with Crippen molar-refractivity contribution in [2.24, 2.45) is 0 Å². The van der Waals surface area contributed by atoms with E-state index in [9.17, 15) is 25.0 Å². The standard InChI is InChI=1S/C16H10ClN5O5/c17-12-6-5-11(7-15(12)22(26)27)19-9-10(8-18)16(23)20-13-3-1-2-4-14(13)21(24)25/h1-7,9,19H,(H,20,23)/b10-9-. The second-order valence-electron chi connectivity index (χ2n) is 4.97. The third-order valence-electron chi connectivity index (χ3n) is 3.24. The van der Waals surface area contributed by atoms with Crippen LogP contribution in [0, 0.1) is 31.6 Å². The summed E-state index contributed by atoms with van der Waals surface area (Å²) in [6.45, 7) is 0. The number of benzene rings is 2. The number of anilines is 2. The molecule has 27 heavy (non-hydrogen) atoms. The number of para-hydroxylation sites is 2. The summed E-state index contributed by atoms with van der Waals surface area (Å²) in [5, 5.41) is 35.8. The molecule has 0 aliphatic carbocycles. The topological polar surface area (TPSA) is 151 Å². The Balaban J connectivity index is 2.21. The maximum atomic E-state index is 12.2. The molecule has 2 aromatic rings. The fourth-order valence-electron chi connectivity index (χ4n) is 1.97. The summed E-state index contributed by atoms with van der Waals surface area (Å²) < 4.78 is 0. The summed E-state index contributed by atoms with van der Waals surface area (Å²) in [6.07, 6.45) is 1.02. The molecule has 1 amide bonds. The van der Waals surface area contributed by atoms with Gasteiger partial charge in [0.2, 0.25) is 0 Å². The molecule has 0 spiro atoms. The first kappa shape index (κ1) is 19.4. The molecule has 0 aliphatic heterocycles. The second kappa shape index (κ2) is 8.41. The number of rotatable bonds is 6. The minimum absolute atomic E-state index is 0.0656. The Morgan fingerprint density at radius 2 is 1.78 bits per heavy atom. The minimum Gasteiger partial charge on any atom is -0.360 e. The highest BCUT2D eigenvalue weighted by Crippen LogP contribution is 2.27.